The summed E-state index contributed by atoms with van der Waals surface area (Å²) in [5.74, 6) is 0.0990. The minimum atomic E-state index is 0.0990. The fourth-order valence-corrected chi connectivity index (χ4v) is 4.69. The van der Waals surface area contributed by atoms with Gasteiger partial charge in [0.05, 0.1) is 23.9 Å². The molecule has 1 unspecified atom stereocenters. The zero-order valence-electron chi connectivity index (χ0n) is 17.2. The van der Waals surface area contributed by atoms with Crippen LogP contribution in [0.5, 0.6) is 0 Å². The lowest BCUT2D eigenvalue weighted by Gasteiger charge is -2.35. The number of carbonyl (C=O) groups excluding carboxylic acids is 1. The molecule has 1 atom stereocenters. The lowest BCUT2D eigenvalue weighted by atomic mass is 10.1. The zero-order valence-corrected chi connectivity index (χ0v) is 18.0. The molecule has 1 aliphatic rings. The third-order valence-corrected chi connectivity index (χ3v) is 6.32. The number of carbonyl (C=O) groups is 1. The van der Waals surface area contributed by atoms with Crippen molar-refractivity contribution in [3.05, 3.63) is 51.5 Å². The SMILES string of the molecule is CCCc1nc(C)c(C(=O)N(Cc2ccccc2)C(C)CN2CCOCC2)s1. The van der Waals surface area contributed by atoms with Crippen LogP contribution >= 0.6 is 11.3 Å². The molecule has 0 spiro atoms. The maximum absolute atomic E-state index is 13.5. The van der Waals surface area contributed by atoms with Crippen molar-refractivity contribution in [2.75, 3.05) is 32.8 Å². The number of hydrogen-bond acceptors (Lipinski definition) is 5. The molecule has 1 aliphatic heterocycles. The summed E-state index contributed by atoms with van der Waals surface area (Å²) in [4.78, 5) is 23.3. The van der Waals surface area contributed by atoms with Crippen LogP contribution in [0.3, 0.4) is 0 Å². The summed E-state index contributed by atoms with van der Waals surface area (Å²) < 4.78 is 5.47. The molecule has 1 fully saturated rings. The van der Waals surface area contributed by atoms with Crippen LogP contribution in [-0.2, 0) is 17.7 Å². The molecule has 152 valence electrons. The van der Waals surface area contributed by atoms with Gasteiger partial charge in [-0.25, -0.2) is 4.98 Å². The van der Waals surface area contributed by atoms with Crippen LogP contribution in [0, 0.1) is 6.92 Å². The Bertz CT molecular complexity index is 756. The van der Waals surface area contributed by atoms with Gasteiger partial charge in [-0.15, -0.1) is 11.3 Å². The van der Waals surface area contributed by atoms with Crippen molar-refractivity contribution in [3.8, 4) is 0 Å². The Morgan fingerprint density at radius 2 is 2.00 bits per heavy atom. The predicted molar refractivity (Wildman–Crippen MR) is 114 cm³/mol. The van der Waals surface area contributed by atoms with E-state index in [1.54, 1.807) is 11.3 Å². The van der Waals surface area contributed by atoms with Crippen LogP contribution in [-0.4, -0.2) is 59.6 Å². The fourth-order valence-electron chi connectivity index (χ4n) is 3.57. The van der Waals surface area contributed by atoms with Crippen LogP contribution in [0.2, 0.25) is 0 Å². The number of ether oxygens (including phenoxy) is 1. The van der Waals surface area contributed by atoms with Gasteiger partial charge in [0.1, 0.15) is 4.88 Å². The number of benzene rings is 1. The molecule has 1 aromatic heterocycles. The molecule has 1 amide bonds. The Morgan fingerprint density at radius 1 is 1.29 bits per heavy atom. The minimum Gasteiger partial charge on any atom is -0.379 e. The lowest BCUT2D eigenvalue weighted by molar-refractivity contribution is 0.0229. The van der Waals surface area contributed by atoms with Crippen molar-refractivity contribution in [2.45, 2.75) is 46.2 Å². The monoisotopic (exact) mass is 401 g/mol. The quantitative estimate of drug-likeness (QED) is 0.676. The average molecular weight is 402 g/mol. The number of amides is 1. The molecule has 5 nitrogen and oxygen atoms in total. The minimum absolute atomic E-state index is 0.0990. The molecule has 0 radical (unpaired) electrons. The normalized spacial score (nSPS) is 16.1. The number of aromatic nitrogens is 1. The topological polar surface area (TPSA) is 45.7 Å². The van der Waals surface area contributed by atoms with Crippen LogP contribution < -0.4 is 0 Å². The number of rotatable bonds is 8. The second-order valence-corrected chi connectivity index (χ2v) is 8.54. The molecule has 0 bridgehead atoms. The number of thiazole rings is 1. The van der Waals surface area contributed by atoms with E-state index in [1.807, 2.05) is 30.0 Å². The highest BCUT2D eigenvalue weighted by atomic mass is 32.1. The third-order valence-electron chi connectivity index (χ3n) is 5.11. The Morgan fingerprint density at radius 3 is 2.68 bits per heavy atom. The summed E-state index contributed by atoms with van der Waals surface area (Å²) in [6.07, 6.45) is 1.97. The number of aryl methyl sites for hydroxylation is 2. The van der Waals surface area contributed by atoms with Crippen molar-refractivity contribution in [3.63, 3.8) is 0 Å². The van der Waals surface area contributed by atoms with Crippen molar-refractivity contribution in [2.24, 2.45) is 0 Å². The van der Waals surface area contributed by atoms with Gasteiger partial charge in [0.25, 0.3) is 5.91 Å². The summed E-state index contributed by atoms with van der Waals surface area (Å²) in [6.45, 7) is 11.1. The summed E-state index contributed by atoms with van der Waals surface area (Å²) >= 11 is 1.56. The maximum Gasteiger partial charge on any atom is 0.266 e. The molecule has 28 heavy (non-hydrogen) atoms. The number of hydrogen-bond donors (Lipinski definition) is 0. The van der Waals surface area contributed by atoms with Gasteiger partial charge in [0.2, 0.25) is 0 Å². The Hall–Kier alpha value is -1.76. The fraction of sp³-hybridized carbons (Fsp3) is 0.545. The van der Waals surface area contributed by atoms with Crippen molar-refractivity contribution >= 4 is 17.2 Å². The second kappa shape index (κ2) is 10.1. The van der Waals surface area contributed by atoms with Gasteiger partial charge < -0.3 is 9.64 Å². The first-order valence-corrected chi connectivity index (χ1v) is 11.0. The van der Waals surface area contributed by atoms with Gasteiger partial charge in [0, 0.05) is 32.2 Å². The molecule has 0 N–H and O–H groups in total. The second-order valence-electron chi connectivity index (χ2n) is 7.45. The highest BCUT2D eigenvalue weighted by Gasteiger charge is 2.27. The summed E-state index contributed by atoms with van der Waals surface area (Å²) in [7, 11) is 0. The van der Waals surface area contributed by atoms with Crippen LogP contribution in [0.25, 0.3) is 0 Å². The third kappa shape index (κ3) is 5.40. The van der Waals surface area contributed by atoms with Gasteiger partial charge in [-0.1, -0.05) is 37.3 Å². The molecule has 3 rings (SSSR count). The zero-order chi connectivity index (χ0) is 19.9. The van der Waals surface area contributed by atoms with Crippen molar-refractivity contribution < 1.29 is 9.53 Å². The van der Waals surface area contributed by atoms with Gasteiger partial charge in [-0.3, -0.25) is 9.69 Å². The molecule has 0 aliphatic carbocycles. The van der Waals surface area contributed by atoms with Gasteiger partial charge in [-0.05, 0) is 32.3 Å². The molecule has 2 heterocycles. The van der Waals surface area contributed by atoms with E-state index in [2.05, 4.69) is 35.9 Å². The molecule has 2 aromatic rings. The van der Waals surface area contributed by atoms with Crippen LogP contribution in [0.4, 0.5) is 0 Å². The standard InChI is InChI=1S/C22H31N3O2S/c1-4-8-20-23-18(3)21(28-20)22(26)25(16-19-9-6-5-7-10-19)17(2)15-24-11-13-27-14-12-24/h5-7,9-10,17H,4,8,11-16H2,1-3H3. The summed E-state index contributed by atoms with van der Waals surface area (Å²) in [5, 5.41) is 1.06. The maximum atomic E-state index is 13.5. The Labute approximate surface area is 172 Å². The first-order valence-electron chi connectivity index (χ1n) is 10.2. The molecule has 1 saturated heterocycles. The van der Waals surface area contributed by atoms with Crippen LogP contribution in [0.1, 0.15) is 46.2 Å². The average Bonchev–Trinajstić information content (AvgIpc) is 3.07. The summed E-state index contributed by atoms with van der Waals surface area (Å²) in [6, 6.07) is 10.4. The Balaban J connectivity index is 1.81. The summed E-state index contributed by atoms with van der Waals surface area (Å²) in [5.41, 5.74) is 2.01. The van der Waals surface area contributed by atoms with E-state index in [1.165, 1.54) is 0 Å². The first kappa shape index (κ1) is 21.0. The van der Waals surface area contributed by atoms with Gasteiger partial charge in [0.15, 0.2) is 0 Å². The Kier molecular flexibility index (Phi) is 7.59. The largest absolute Gasteiger partial charge is 0.379 e. The van der Waals surface area contributed by atoms with E-state index < -0.39 is 0 Å². The predicted octanol–water partition coefficient (Wildman–Crippen LogP) is 3.77. The van der Waals surface area contributed by atoms with Gasteiger partial charge in [-0.2, -0.15) is 0 Å². The van der Waals surface area contributed by atoms with E-state index in [9.17, 15) is 4.79 Å². The first-order chi connectivity index (χ1) is 13.6. The lowest BCUT2D eigenvalue weighted by Crippen LogP contribution is -2.47. The van der Waals surface area contributed by atoms with E-state index in [4.69, 9.17) is 4.74 Å². The van der Waals surface area contributed by atoms with Crippen LogP contribution in [0.15, 0.2) is 30.3 Å². The highest BCUT2D eigenvalue weighted by molar-refractivity contribution is 7.13. The molecule has 6 heteroatoms. The molecule has 1 aromatic carbocycles. The van der Waals surface area contributed by atoms with E-state index in [-0.39, 0.29) is 11.9 Å². The van der Waals surface area contributed by atoms with Crippen molar-refractivity contribution in [1.82, 2.24) is 14.8 Å². The number of morpholine rings is 1. The van der Waals surface area contributed by atoms with E-state index in [0.717, 1.165) is 66.8 Å². The van der Waals surface area contributed by atoms with E-state index in [0.29, 0.717) is 6.54 Å². The van der Waals surface area contributed by atoms with Gasteiger partial charge >= 0.3 is 0 Å². The molecular formula is C22H31N3O2S. The molecule has 0 saturated carbocycles. The smallest absolute Gasteiger partial charge is 0.266 e. The van der Waals surface area contributed by atoms with E-state index >= 15 is 0 Å². The number of nitrogens with zero attached hydrogens (tertiary/aromatic N) is 3. The highest BCUT2D eigenvalue weighted by Crippen LogP contribution is 2.23. The molecular weight excluding hydrogens is 370 g/mol. The van der Waals surface area contributed by atoms with Crippen molar-refractivity contribution in [1.29, 1.82) is 0 Å².